The maximum Gasteiger partial charge on any atom is 0.0594 e. The van der Waals surface area contributed by atoms with Crippen LogP contribution in [0.5, 0.6) is 0 Å². The second-order valence-corrected chi connectivity index (χ2v) is 8.82. The fourth-order valence-electron chi connectivity index (χ4n) is 3.92. The molecule has 1 aliphatic heterocycles. The summed E-state index contributed by atoms with van der Waals surface area (Å²) in [5.41, 5.74) is 5.70. The van der Waals surface area contributed by atoms with Crippen LogP contribution in [0.4, 0.5) is 0 Å². The van der Waals surface area contributed by atoms with Gasteiger partial charge >= 0.3 is 0 Å². The lowest BCUT2D eigenvalue weighted by Crippen LogP contribution is -2.35. The van der Waals surface area contributed by atoms with Gasteiger partial charge in [0.1, 0.15) is 0 Å². The number of pyridine rings is 1. The van der Waals surface area contributed by atoms with Gasteiger partial charge in [-0.3, -0.25) is 9.88 Å². The van der Waals surface area contributed by atoms with Crippen LogP contribution in [0.15, 0.2) is 83.6 Å². The van der Waals surface area contributed by atoms with Crippen LogP contribution in [0, 0.1) is 11.8 Å². The number of morpholine rings is 1. The van der Waals surface area contributed by atoms with Crippen molar-refractivity contribution in [3.8, 4) is 23.0 Å². The molecule has 0 spiro atoms. The van der Waals surface area contributed by atoms with Gasteiger partial charge in [0.2, 0.25) is 0 Å². The SMILES string of the molecule is Brc1cc(-c2ccc(C#Cc3ccc(CN4CCOCC4)cc3)cc2)cc2ccncc12. The average Bonchev–Trinajstić information content (AvgIpc) is 2.85. The molecule has 5 rings (SSSR count). The molecule has 0 bridgehead atoms. The van der Waals surface area contributed by atoms with Gasteiger partial charge < -0.3 is 4.74 Å². The Hall–Kier alpha value is -2.97. The first-order valence-corrected chi connectivity index (χ1v) is 11.6. The molecule has 2 heterocycles. The minimum atomic E-state index is 0.831. The summed E-state index contributed by atoms with van der Waals surface area (Å²) >= 11 is 3.67. The Morgan fingerprint density at radius 3 is 2.25 bits per heavy atom. The summed E-state index contributed by atoms with van der Waals surface area (Å²) in [4.78, 5) is 6.64. The van der Waals surface area contributed by atoms with E-state index in [2.05, 4.69) is 98.3 Å². The third kappa shape index (κ3) is 4.92. The highest BCUT2D eigenvalue weighted by Crippen LogP contribution is 2.30. The zero-order valence-electron chi connectivity index (χ0n) is 17.7. The van der Waals surface area contributed by atoms with E-state index in [1.807, 2.05) is 18.5 Å². The molecule has 3 nitrogen and oxygen atoms in total. The van der Waals surface area contributed by atoms with Crippen LogP contribution >= 0.6 is 15.9 Å². The minimum absolute atomic E-state index is 0.831. The predicted molar refractivity (Wildman–Crippen MR) is 133 cm³/mol. The Balaban J connectivity index is 1.28. The number of benzene rings is 3. The van der Waals surface area contributed by atoms with Crippen molar-refractivity contribution in [3.63, 3.8) is 0 Å². The van der Waals surface area contributed by atoms with Crippen molar-refractivity contribution in [2.45, 2.75) is 6.54 Å². The van der Waals surface area contributed by atoms with E-state index in [1.54, 1.807) is 0 Å². The Labute approximate surface area is 197 Å². The second-order valence-electron chi connectivity index (χ2n) is 7.97. The molecule has 32 heavy (non-hydrogen) atoms. The van der Waals surface area contributed by atoms with Crippen LogP contribution in [0.2, 0.25) is 0 Å². The first-order chi connectivity index (χ1) is 15.7. The zero-order chi connectivity index (χ0) is 21.8. The molecular formula is C28H23BrN2O. The lowest BCUT2D eigenvalue weighted by Gasteiger charge is -2.26. The molecule has 0 atom stereocenters. The van der Waals surface area contributed by atoms with Crippen LogP contribution in [-0.2, 0) is 11.3 Å². The fourth-order valence-corrected chi connectivity index (χ4v) is 4.50. The predicted octanol–water partition coefficient (Wildman–Crippen LogP) is 5.90. The number of nitrogens with zero attached hydrogens (tertiary/aromatic N) is 2. The monoisotopic (exact) mass is 482 g/mol. The van der Waals surface area contributed by atoms with Crippen molar-refractivity contribution in [2.24, 2.45) is 0 Å². The molecule has 4 heteroatoms. The van der Waals surface area contributed by atoms with Gasteiger partial charge in [0, 0.05) is 53.0 Å². The highest BCUT2D eigenvalue weighted by Gasteiger charge is 2.10. The molecule has 1 aliphatic rings. The Bertz CT molecular complexity index is 1280. The third-order valence-electron chi connectivity index (χ3n) is 5.74. The molecule has 158 valence electrons. The number of hydrogen-bond acceptors (Lipinski definition) is 3. The van der Waals surface area contributed by atoms with Gasteiger partial charge in [-0.05, 0) is 64.5 Å². The van der Waals surface area contributed by atoms with Gasteiger partial charge in [-0.2, -0.15) is 0 Å². The van der Waals surface area contributed by atoms with Crippen molar-refractivity contribution < 1.29 is 4.74 Å². The second kappa shape index (κ2) is 9.67. The molecular weight excluding hydrogens is 460 g/mol. The van der Waals surface area contributed by atoms with Crippen LogP contribution in [-0.4, -0.2) is 36.2 Å². The molecule has 1 fully saturated rings. The summed E-state index contributed by atoms with van der Waals surface area (Å²) in [7, 11) is 0. The summed E-state index contributed by atoms with van der Waals surface area (Å²) in [5, 5.41) is 2.29. The molecule has 0 N–H and O–H groups in total. The standard InChI is InChI=1S/C28H23BrN2O/c29-28-18-26(17-25-11-12-30-19-27(25)28)24-9-7-22(8-10-24)2-1-21-3-5-23(6-4-21)20-31-13-15-32-16-14-31/h3-12,17-19H,13-16,20H2. The highest BCUT2D eigenvalue weighted by atomic mass is 79.9. The number of aromatic nitrogens is 1. The zero-order valence-corrected chi connectivity index (χ0v) is 19.3. The number of rotatable bonds is 3. The van der Waals surface area contributed by atoms with Gasteiger partial charge in [0.25, 0.3) is 0 Å². The lowest BCUT2D eigenvalue weighted by atomic mass is 10.0. The van der Waals surface area contributed by atoms with E-state index < -0.39 is 0 Å². The van der Waals surface area contributed by atoms with E-state index in [0.29, 0.717) is 0 Å². The molecule has 0 amide bonds. The van der Waals surface area contributed by atoms with E-state index in [-0.39, 0.29) is 0 Å². The Morgan fingerprint density at radius 2 is 1.53 bits per heavy atom. The van der Waals surface area contributed by atoms with Crippen molar-refractivity contribution in [3.05, 3.63) is 100 Å². The normalized spacial score (nSPS) is 14.2. The largest absolute Gasteiger partial charge is 0.379 e. The molecule has 1 aromatic heterocycles. The van der Waals surface area contributed by atoms with Crippen molar-refractivity contribution in [1.82, 2.24) is 9.88 Å². The van der Waals surface area contributed by atoms with Crippen molar-refractivity contribution in [2.75, 3.05) is 26.3 Å². The third-order valence-corrected chi connectivity index (χ3v) is 6.39. The Kier molecular flexibility index (Phi) is 6.31. The van der Waals surface area contributed by atoms with Crippen LogP contribution in [0.3, 0.4) is 0 Å². The molecule has 0 aliphatic carbocycles. The molecule has 0 radical (unpaired) electrons. The lowest BCUT2D eigenvalue weighted by molar-refractivity contribution is 0.0342. The van der Waals surface area contributed by atoms with Gasteiger partial charge in [-0.15, -0.1) is 0 Å². The number of fused-ring (bicyclic) bond motifs is 1. The van der Waals surface area contributed by atoms with E-state index >= 15 is 0 Å². The average molecular weight is 483 g/mol. The number of halogens is 1. The fraction of sp³-hybridized carbons (Fsp3) is 0.179. The minimum Gasteiger partial charge on any atom is -0.379 e. The summed E-state index contributed by atoms with van der Waals surface area (Å²) < 4.78 is 6.48. The first kappa shape index (κ1) is 20.9. The summed E-state index contributed by atoms with van der Waals surface area (Å²) in [6.45, 7) is 4.64. The van der Waals surface area contributed by atoms with Gasteiger partial charge in [-0.1, -0.05) is 52.0 Å². The maximum absolute atomic E-state index is 5.42. The maximum atomic E-state index is 5.42. The molecule has 1 saturated heterocycles. The molecule has 3 aromatic carbocycles. The quantitative estimate of drug-likeness (QED) is 0.340. The summed E-state index contributed by atoms with van der Waals surface area (Å²) in [6, 6.07) is 23.4. The van der Waals surface area contributed by atoms with Crippen LogP contribution < -0.4 is 0 Å². The number of ether oxygens (including phenoxy) is 1. The van der Waals surface area contributed by atoms with Gasteiger partial charge in [0.15, 0.2) is 0 Å². The van der Waals surface area contributed by atoms with Gasteiger partial charge in [0.05, 0.1) is 13.2 Å². The molecule has 4 aromatic rings. The summed E-state index contributed by atoms with van der Waals surface area (Å²) in [5.74, 6) is 6.57. The van der Waals surface area contributed by atoms with E-state index in [0.717, 1.165) is 53.8 Å². The van der Waals surface area contributed by atoms with E-state index in [4.69, 9.17) is 4.74 Å². The van der Waals surface area contributed by atoms with E-state index in [1.165, 1.54) is 22.1 Å². The number of hydrogen-bond donors (Lipinski definition) is 0. The van der Waals surface area contributed by atoms with E-state index in [9.17, 15) is 0 Å². The summed E-state index contributed by atoms with van der Waals surface area (Å²) in [6.07, 6.45) is 3.71. The van der Waals surface area contributed by atoms with Crippen LogP contribution in [0.1, 0.15) is 16.7 Å². The van der Waals surface area contributed by atoms with Gasteiger partial charge in [-0.25, -0.2) is 0 Å². The van der Waals surface area contributed by atoms with Crippen LogP contribution in [0.25, 0.3) is 21.9 Å². The molecule has 0 unspecified atom stereocenters. The van der Waals surface area contributed by atoms with Crippen molar-refractivity contribution in [1.29, 1.82) is 0 Å². The Morgan fingerprint density at radius 1 is 0.844 bits per heavy atom. The van der Waals surface area contributed by atoms with Crippen molar-refractivity contribution >= 4 is 26.7 Å². The first-order valence-electron chi connectivity index (χ1n) is 10.8. The highest BCUT2D eigenvalue weighted by molar-refractivity contribution is 9.10. The topological polar surface area (TPSA) is 25.4 Å². The molecule has 0 saturated carbocycles. The smallest absolute Gasteiger partial charge is 0.0594 e.